The molecule has 3 N–H and O–H groups in total. The Kier molecular flexibility index (Phi) is 74.3. The largest absolute Gasteiger partial charge is 0.466 e. The molecule has 0 aliphatic heterocycles. The van der Waals surface area contributed by atoms with Gasteiger partial charge in [0.15, 0.2) is 0 Å². The first-order valence-electron chi connectivity index (χ1n) is 39.6. The normalized spacial score (nSPS) is 12.6. The molecule has 86 heavy (non-hydrogen) atoms. The monoisotopic (exact) mass is 1210 g/mol. The number of rotatable bonds is 75. The number of carbonyl (C=O) groups excluding carboxylic acids is 2. The minimum atomic E-state index is -0.842. The van der Waals surface area contributed by atoms with E-state index in [1.54, 1.807) is 6.08 Å². The number of hydrogen-bond donors (Lipinski definition) is 3. The topological polar surface area (TPSA) is 95.9 Å². The number of carbonyl (C=O) groups is 2. The fourth-order valence-electron chi connectivity index (χ4n) is 12.7. The van der Waals surface area contributed by atoms with Crippen LogP contribution in [0, 0.1) is 0 Å². The molecule has 0 aromatic heterocycles. The summed E-state index contributed by atoms with van der Waals surface area (Å²) in [6, 6.07) is -0.625. The maximum absolute atomic E-state index is 12.5. The highest BCUT2D eigenvalue weighted by atomic mass is 16.5. The van der Waals surface area contributed by atoms with Gasteiger partial charge in [-0.2, -0.15) is 0 Å². The molecule has 0 spiro atoms. The second kappa shape index (κ2) is 75.8. The Balaban J connectivity index is 3.34. The second-order valence-corrected chi connectivity index (χ2v) is 27.4. The van der Waals surface area contributed by atoms with Crippen molar-refractivity contribution in [1.82, 2.24) is 5.32 Å². The first-order chi connectivity index (χ1) is 42.5. The molecule has 0 saturated heterocycles. The number of allylic oxidation sites excluding steroid dienone is 3. The van der Waals surface area contributed by atoms with Gasteiger partial charge in [0, 0.05) is 12.8 Å². The smallest absolute Gasteiger partial charge is 0.305 e. The Bertz CT molecular complexity index is 1350. The molecule has 0 aromatic carbocycles. The molecule has 2 atom stereocenters. The zero-order chi connectivity index (χ0) is 62.0. The van der Waals surface area contributed by atoms with Crippen molar-refractivity contribution in [2.24, 2.45) is 0 Å². The van der Waals surface area contributed by atoms with Crippen molar-refractivity contribution in [1.29, 1.82) is 0 Å². The summed E-state index contributed by atoms with van der Waals surface area (Å²) in [5.74, 6) is -0.0441. The minimum absolute atomic E-state index is 0.0145. The first-order valence-corrected chi connectivity index (χ1v) is 39.6. The van der Waals surface area contributed by atoms with Gasteiger partial charge < -0.3 is 20.3 Å². The van der Waals surface area contributed by atoms with Gasteiger partial charge >= 0.3 is 5.97 Å². The van der Waals surface area contributed by atoms with Gasteiger partial charge in [-0.05, 0) is 57.8 Å². The van der Waals surface area contributed by atoms with Crippen LogP contribution < -0.4 is 5.32 Å². The van der Waals surface area contributed by atoms with Crippen LogP contribution in [0.1, 0.15) is 450 Å². The van der Waals surface area contributed by atoms with E-state index in [0.29, 0.717) is 19.4 Å². The number of aliphatic hydroxyl groups excluding tert-OH is 2. The van der Waals surface area contributed by atoms with Crippen molar-refractivity contribution in [3.05, 3.63) is 24.3 Å². The molecule has 0 aliphatic rings. The van der Waals surface area contributed by atoms with E-state index in [2.05, 4.69) is 31.3 Å². The standard InChI is InChI=1S/C80H155NO5/c1-3-5-7-9-11-13-15-17-19-21-22-35-38-41-44-48-52-56-60-64-68-72-78(83)77(76-82)81-79(84)73-69-65-61-57-53-49-45-42-39-36-33-31-29-27-25-23-24-26-28-30-32-34-37-40-43-47-51-55-59-63-67-71-75-86-80(85)74-70-66-62-58-54-50-46-20-18-16-14-12-10-8-6-4-2/h20,46,68,72,77-78,82-83H,3-19,21-45,47-67,69-71,73-76H2,1-2H3,(H,81,84)/b46-20-,72-68+. The predicted octanol–water partition coefficient (Wildman–Crippen LogP) is 26.0. The SMILES string of the molecule is CCCCCCCCC/C=C\CCCCCCCC(=O)OCCCCCCCCCCCCCCCCCCCCCCCCCCCCCCCCCCC(=O)NC(CO)C(O)/C=C/CCCCCCCCCCCCCCCCCCCCC. The molecule has 6 nitrogen and oxygen atoms in total. The lowest BCUT2D eigenvalue weighted by molar-refractivity contribution is -0.143. The van der Waals surface area contributed by atoms with Crippen LogP contribution in [-0.2, 0) is 14.3 Å². The first kappa shape index (κ1) is 84.3. The number of aliphatic hydroxyl groups is 2. The van der Waals surface area contributed by atoms with Crippen LogP contribution in [0.5, 0.6) is 0 Å². The number of amides is 1. The van der Waals surface area contributed by atoms with Crippen LogP contribution in [0.4, 0.5) is 0 Å². The minimum Gasteiger partial charge on any atom is -0.466 e. The van der Waals surface area contributed by atoms with Crippen LogP contribution in [0.15, 0.2) is 24.3 Å². The van der Waals surface area contributed by atoms with Gasteiger partial charge in [0.25, 0.3) is 0 Å². The highest BCUT2D eigenvalue weighted by molar-refractivity contribution is 5.76. The van der Waals surface area contributed by atoms with Gasteiger partial charge in [0.05, 0.1) is 25.4 Å². The van der Waals surface area contributed by atoms with Crippen molar-refractivity contribution >= 4 is 11.9 Å². The third kappa shape index (κ3) is 71.4. The molecule has 0 aliphatic carbocycles. The maximum Gasteiger partial charge on any atom is 0.305 e. The number of esters is 1. The summed E-state index contributed by atoms with van der Waals surface area (Å²) in [5, 5.41) is 23.3. The number of unbranched alkanes of at least 4 members (excludes halogenated alkanes) is 62. The van der Waals surface area contributed by atoms with Gasteiger partial charge in [0.1, 0.15) is 0 Å². The molecule has 1 amide bonds. The summed E-state index contributed by atoms with van der Waals surface area (Å²) >= 11 is 0. The van der Waals surface area contributed by atoms with Crippen molar-refractivity contribution in [2.75, 3.05) is 13.2 Å². The summed E-state index contributed by atoms with van der Waals surface area (Å²) in [4.78, 5) is 24.6. The Labute approximate surface area is 539 Å². The van der Waals surface area contributed by atoms with E-state index in [1.807, 2.05) is 6.08 Å². The van der Waals surface area contributed by atoms with Gasteiger partial charge in [-0.15, -0.1) is 0 Å². The van der Waals surface area contributed by atoms with Crippen LogP contribution in [0.2, 0.25) is 0 Å². The van der Waals surface area contributed by atoms with Crippen molar-refractivity contribution in [3.8, 4) is 0 Å². The van der Waals surface area contributed by atoms with Crippen LogP contribution in [-0.4, -0.2) is 47.4 Å². The van der Waals surface area contributed by atoms with Crippen LogP contribution >= 0.6 is 0 Å². The molecule has 0 aromatic rings. The molecular formula is C80H155NO5. The highest BCUT2D eigenvalue weighted by Gasteiger charge is 2.18. The Morgan fingerprint density at radius 2 is 0.547 bits per heavy atom. The van der Waals surface area contributed by atoms with Crippen LogP contribution in [0.25, 0.3) is 0 Å². The average Bonchev–Trinajstić information content (AvgIpc) is 3.53. The van der Waals surface area contributed by atoms with E-state index in [1.165, 1.54) is 379 Å². The molecule has 0 fully saturated rings. The predicted molar refractivity (Wildman–Crippen MR) is 380 cm³/mol. The number of hydrogen-bond acceptors (Lipinski definition) is 5. The lowest BCUT2D eigenvalue weighted by Gasteiger charge is -2.20. The summed E-state index contributed by atoms with van der Waals surface area (Å²) in [6.45, 7) is 4.95. The van der Waals surface area contributed by atoms with E-state index in [9.17, 15) is 19.8 Å². The lowest BCUT2D eigenvalue weighted by atomic mass is 10.0. The van der Waals surface area contributed by atoms with E-state index >= 15 is 0 Å². The second-order valence-electron chi connectivity index (χ2n) is 27.4. The summed E-state index contributed by atoms with van der Waals surface area (Å²) < 4.78 is 5.50. The maximum atomic E-state index is 12.5. The molecule has 0 radical (unpaired) electrons. The molecule has 6 heteroatoms. The Morgan fingerprint density at radius 1 is 0.314 bits per heavy atom. The van der Waals surface area contributed by atoms with Crippen LogP contribution in [0.3, 0.4) is 0 Å². The fraction of sp³-hybridized carbons (Fsp3) is 0.925. The fourth-order valence-corrected chi connectivity index (χ4v) is 12.7. The summed E-state index contributed by atoms with van der Waals surface area (Å²) in [6.07, 6.45) is 97.3. The van der Waals surface area contributed by atoms with Crippen molar-refractivity contribution < 1.29 is 24.5 Å². The summed E-state index contributed by atoms with van der Waals surface area (Å²) in [5.41, 5.74) is 0. The lowest BCUT2D eigenvalue weighted by Crippen LogP contribution is -2.45. The molecular weight excluding hydrogens is 1050 g/mol. The third-order valence-electron chi connectivity index (χ3n) is 18.7. The van der Waals surface area contributed by atoms with Gasteiger partial charge in [0.2, 0.25) is 5.91 Å². The van der Waals surface area contributed by atoms with Crippen molar-refractivity contribution in [3.63, 3.8) is 0 Å². The average molecular weight is 1210 g/mol. The van der Waals surface area contributed by atoms with Gasteiger partial charge in [-0.1, -0.05) is 404 Å². The molecule has 0 bridgehead atoms. The van der Waals surface area contributed by atoms with E-state index in [-0.39, 0.29) is 18.5 Å². The zero-order valence-corrected chi connectivity index (χ0v) is 58.6. The molecule has 0 rings (SSSR count). The van der Waals surface area contributed by atoms with E-state index < -0.39 is 12.1 Å². The highest BCUT2D eigenvalue weighted by Crippen LogP contribution is 2.20. The van der Waals surface area contributed by atoms with Gasteiger partial charge in [-0.3, -0.25) is 9.59 Å². The van der Waals surface area contributed by atoms with E-state index in [4.69, 9.17) is 4.74 Å². The Morgan fingerprint density at radius 3 is 0.826 bits per heavy atom. The van der Waals surface area contributed by atoms with Crippen molar-refractivity contribution in [2.45, 2.75) is 463 Å². The zero-order valence-electron chi connectivity index (χ0n) is 58.6. The van der Waals surface area contributed by atoms with E-state index in [0.717, 1.165) is 44.9 Å². The number of ether oxygens (including phenoxy) is 1. The molecule has 0 saturated carbocycles. The Hall–Kier alpha value is -1.66. The molecule has 0 heterocycles. The number of nitrogens with one attached hydrogen (secondary N) is 1. The van der Waals surface area contributed by atoms with Gasteiger partial charge in [-0.25, -0.2) is 0 Å². The third-order valence-corrected chi connectivity index (χ3v) is 18.7. The molecule has 510 valence electrons. The molecule has 2 unspecified atom stereocenters. The summed E-state index contributed by atoms with van der Waals surface area (Å²) in [7, 11) is 0. The quantitative estimate of drug-likeness (QED) is 0.0320.